The number of methoxy groups -OCH3 is 1. The molecular formula is C13H21N5O. The van der Waals surface area contributed by atoms with Crippen LogP contribution in [0.25, 0.3) is 0 Å². The summed E-state index contributed by atoms with van der Waals surface area (Å²) in [4.78, 5) is 8.62. The Hall–Kier alpha value is -1.95. The van der Waals surface area contributed by atoms with E-state index in [4.69, 9.17) is 10.6 Å². The van der Waals surface area contributed by atoms with Gasteiger partial charge in [-0.25, -0.2) is 5.84 Å². The van der Waals surface area contributed by atoms with Gasteiger partial charge >= 0.3 is 0 Å². The third-order valence-corrected chi connectivity index (χ3v) is 3.36. The third kappa shape index (κ3) is 3.08. The highest BCUT2D eigenvalue weighted by molar-refractivity contribution is 5.79. The van der Waals surface area contributed by atoms with Gasteiger partial charge in [-0.05, 0) is 24.3 Å². The molecule has 19 heavy (non-hydrogen) atoms. The molecule has 6 nitrogen and oxygen atoms in total. The number of anilines is 1. The van der Waals surface area contributed by atoms with Crippen LogP contribution in [0.2, 0.25) is 0 Å². The van der Waals surface area contributed by atoms with Crippen LogP contribution < -0.4 is 20.9 Å². The second-order valence-electron chi connectivity index (χ2n) is 4.36. The van der Waals surface area contributed by atoms with Crippen LogP contribution >= 0.6 is 0 Å². The standard InChI is InChI=1S/C13H21N5O/c1-15-13(16-14)18-9-7-17(8-10-18)11-3-5-12(19-2)6-4-11/h3-6H,7-10,14H2,1-2H3,(H,15,16). The Morgan fingerprint density at radius 2 is 1.84 bits per heavy atom. The van der Waals surface area contributed by atoms with Gasteiger partial charge in [0.05, 0.1) is 7.11 Å². The summed E-state index contributed by atoms with van der Waals surface area (Å²) < 4.78 is 5.17. The Kier molecular flexibility index (Phi) is 4.46. The number of rotatable bonds is 2. The number of guanidine groups is 1. The number of benzene rings is 1. The van der Waals surface area contributed by atoms with E-state index in [1.165, 1.54) is 5.69 Å². The van der Waals surface area contributed by atoms with Gasteiger partial charge in [0.25, 0.3) is 0 Å². The maximum absolute atomic E-state index is 5.44. The molecular weight excluding hydrogens is 242 g/mol. The minimum Gasteiger partial charge on any atom is -0.497 e. The number of nitrogens with two attached hydrogens (primary N) is 1. The largest absolute Gasteiger partial charge is 0.497 e. The van der Waals surface area contributed by atoms with E-state index in [0.29, 0.717) is 0 Å². The normalized spacial score (nSPS) is 16.5. The number of piperazine rings is 1. The fourth-order valence-corrected chi connectivity index (χ4v) is 2.27. The summed E-state index contributed by atoms with van der Waals surface area (Å²) in [6, 6.07) is 8.15. The molecule has 1 aliphatic rings. The first-order chi connectivity index (χ1) is 9.28. The van der Waals surface area contributed by atoms with Crippen LogP contribution in [0.15, 0.2) is 29.3 Å². The summed E-state index contributed by atoms with van der Waals surface area (Å²) in [5, 5.41) is 0. The summed E-state index contributed by atoms with van der Waals surface area (Å²) in [6.07, 6.45) is 0. The van der Waals surface area contributed by atoms with E-state index in [2.05, 4.69) is 32.4 Å². The topological polar surface area (TPSA) is 66.1 Å². The van der Waals surface area contributed by atoms with Crippen LogP contribution in [-0.4, -0.2) is 51.2 Å². The van der Waals surface area contributed by atoms with Crippen molar-refractivity contribution in [2.24, 2.45) is 10.8 Å². The zero-order valence-electron chi connectivity index (χ0n) is 11.5. The van der Waals surface area contributed by atoms with E-state index in [-0.39, 0.29) is 0 Å². The second-order valence-corrected chi connectivity index (χ2v) is 4.36. The molecule has 1 aromatic rings. The minimum atomic E-state index is 0.745. The highest BCUT2D eigenvalue weighted by Crippen LogP contribution is 2.20. The molecule has 0 unspecified atom stereocenters. The number of hydrazine groups is 1. The molecule has 104 valence electrons. The van der Waals surface area contributed by atoms with Gasteiger partial charge in [-0.3, -0.25) is 10.4 Å². The van der Waals surface area contributed by atoms with Crippen molar-refractivity contribution in [1.82, 2.24) is 10.3 Å². The fourth-order valence-electron chi connectivity index (χ4n) is 2.27. The molecule has 0 spiro atoms. The van der Waals surface area contributed by atoms with E-state index in [1.807, 2.05) is 12.1 Å². The molecule has 1 heterocycles. The van der Waals surface area contributed by atoms with Crippen molar-refractivity contribution >= 4 is 11.6 Å². The molecule has 0 saturated carbocycles. The molecule has 0 atom stereocenters. The van der Waals surface area contributed by atoms with Crippen molar-refractivity contribution in [3.8, 4) is 5.75 Å². The molecule has 3 N–H and O–H groups in total. The Morgan fingerprint density at radius 1 is 1.21 bits per heavy atom. The van der Waals surface area contributed by atoms with Crippen LogP contribution in [0.4, 0.5) is 5.69 Å². The van der Waals surface area contributed by atoms with Crippen LogP contribution in [0.3, 0.4) is 0 Å². The predicted octanol–water partition coefficient (Wildman–Crippen LogP) is 0.266. The molecule has 0 amide bonds. The maximum Gasteiger partial charge on any atom is 0.208 e. The van der Waals surface area contributed by atoms with E-state index in [9.17, 15) is 0 Å². The van der Waals surface area contributed by atoms with Gasteiger partial charge in [-0.2, -0.15) is 0 Å². The number of aliphatic imine (C=N–C) groups is 1. The van der Waals surface area contributed by atoms with Gasteiger partial charge in [0.15, 0.2) is 0 Å². The zero-order chi connectivity index (χ0) is 13.7. The van der Waals surface area contributed by atoms with Crippen LogP contribution in [-0.2, 0) is 0 Å². The zero-order valence-corrected chi connectivity index (χ0v) is 11.5. The van der Waals surface area contributed by atoms with Crippen molar-refractivity contribution in [3.05, 3.63) is 24.3 Å². The van der Waals surface area contributed by atoms with Crippen molar-refractivity contribution in [3.63, 3.8) is 0 Å². The van der Waals surface area contributed by atoms with E-state index >= 15 is 0 Å². The molecule has 0 bridgehead atoms. The molecule has 0 aliphatic carbocycles. The molecule has 0 radical (unpaired) electrons. The summed E-state index contributed by atoms with van der Waals surface area (Å²) in [7, 11) is 3.42. The lowest BCUT2D eigenvalue weighted by Gasteiger charge is -2.37. The molecule has 1 saturated heterocycles. The summed E-state index contributed by atoms with van der Waals surface area (Å²) in [6.45, 7) is 3.71. The van der Waals surface area contributed by atoms with E-state index < -0.39 is 0 Å². The quantitative estimate of drug-likeness (QED) is 0.347. The van der Waals surface area contributed by atoms with Gasteiger partial charge in [0, 0.05) is 38.9 Å². The van der Waals surface area contributed by atoms with E-state index in [0.717, 1.165) is 37.9 Å². The Bertz CT molecular complexity index is 423. The van der Waals surface area contributed by atoms with Gasteiger partial charge in [-0.1, -0.05) is 0 Å². The van der Waals surface area contributed by atoms with E-state index in [1.54, 1.807) is 14.2 Å². The van der Waals surface area contributed by atoms with Gasteiger partial charge in [0.2, 0.25) is 5.96 Å². The lowest BCUT2D eigenvalue weighted by atomic mass is 10.2. The Labute approximate surface area is 113 Å². The van der Waals surface area contributed by atoms with Gasteiger partial charge < -0.3 is 14.5 Å². The number of nitrogens with zero attached hydrogens (tertiary/aromatic N) is 3. The Morgan fingerprint density at radius 3 is 2.32 bits per heavy atom. The first kappa shape index (κ1) is 13.5. The monoisotopic (exact) mass is 263 g/mol. The maximum atomic E-state index is 5.44. The first-order valence-electron chi connectivity index (χ1n) is 6.36. The average Bonchev–Trinajstić information content (AvgIpc) is 2.49. The van der Waals surface area contributed by atoms with Crippen LogP contribution in [0.1, 0.15) is 0 Å². The second kappa shape index (κ2) is 6.29. The Balaban J connectivity index is 1.95. The lowest BCUT2D eigenvalue weighted by Crippen LogP contribution is -2.53. The molecule has 6 heteroatoms. The van der Waals surface area contributed by atoms with Crippen molar-refractivity contribution in [2.45, 2.75) is 0 Å². The number of nitrogens with one attached hydrogen (secondary N) is 1. The highest BCUT2D eigenvalue weighted by Gasteiger charge is 2.19. The summed E-state index contributed by atoms with van der Waals surface area (Å²) in [5.74, 6) is 7.07. The smallest absolute Gasteiger partial charge is 0.208 e. The fraction of sp³-hybridized carbons (Fsp3) is 0.462. The molecule has 0 aromatic heterocycles. The predicted molar refractivity (Wildman–Crippen MR) is 77.5 cm³/mol. The first-order valence-corrected chi connectivity index (χ1v) is 6.36. The van der Waals surface area contributed by atoms with Gasteiger partial charge in [-0.15, -0.1) is 0 Å². The van der Waals surface area contributed by atoms with Crippen LogP contribution in [0.5, 0.6) is 5.75 Å². The van der Waals surface area contributed by atoms with Crippen molar-refractivity contribution in [2.75, 3.05) is 45.2 Å². The number of hydrogen-bond acceptors (Lipinski definition) is 4. The molecule has 1 aromatic carbocycles. The summed E-state index contributed by atoms with van der Waals surface area (Å²) >= 11 is 0. The molecule has 2 rings (SSSR count). The molecule has 1 fully saturated rings. The third-order valence-electron chi connectivity index (χ3n) is 3.36. The minimum absolute atomic E-state index is 0.745. The van der Waals surface area contributed by atoms with Gasteiger partial charge in [0.1, 0.15) is 5.75 Å². The average molecular weight is 263 g/mol. The highest BCUT2D eigenvalue weighted by atomic mass is 16.5. The SMILES string of the molecule is CN=C(NN)N1CCN(c2ccc(OC)cc2)CC1. The summed E-state index contributed by atoms with van der Waals surface area (Å²) in [5.41, 5.74) is 3.85. The number of ether oxygens (including phenoxy) is 1. The number of hydrogen-bond donors (Lipinski definition) is 2. The van der Waals surface area contributed by atoms with Crippen molar-refractivity contribution in [1.29, 1.82) is 0 Å². The lowest BCUT2D eigenvalue weighted by molar-refractivity contribution is 0.373. The molecule has 1 aliphatic heterocycles. The van der Waals surface area contributed by atoms with Crippen LogP contribution in [0, 0.1) is 0 Å². The van der Waals surface area contributed by atoms with Crippen molar-refractivity contribution < 1.29 is 4.74 Å².